The van der Waals surface area contributed by atoms with Crippen molar-refractivity contribution in [2.45, 2.75) is 19.8 Å². The minimum atomic E-state index is -0.342. The van der Waals surface area contributed by atoms with E-state index < -0.39 is 0 Å². The van der Waals surface area contributed by atoms with Crippen LogP contribution in [0.1, 0.15) is 19.8 Å². The van der Waals surface area contributed by atoms with Gasteiger partial charge < -0.3 is 10.1 Å². The highest BCUT2D eigenvalue weighted by Gasteiger charge is 2.07. The second-order valence-electron chi connectivity index (χ2n) is 5.38. The summed E-state index contributed by atoms with van der Waals surface area (Å²) in [7, 11) is 0. The van der Waals surface area contributed by atoms with E-state index >= 15 is 0 Å². The fourth-order valence-corrected chi connectivity index (χ4v) is 2.27. The van der Waals surface area contributed by atoms with Crippen LogP contribution < -0.4 is 15.4 Å². The summed E-state index contributed by atoms with van der Waals surface area (Å²) in [6, 6.07) is 12.7. The summed E-state index contributed by atoms with van der Waals surface area (Å²) in [6.45, 7) is 2.83. The van der Waals surface area contributed by atoms with E-state index in [0.717, 1.165) is 24.1 Å². The Labute approximate surface area is 140 Å². The van der Waals surface area contributed by atoms with E-state index in [1.807, 2.05) is 53.1 Å². The number of pyridine rings is 1. The largest absolute Gasteiger partial charge is 0.494 e. The van der Waals surface area contributed by atoms with Gasteiger partial charge in [0.1, 0.15) is 5.75 Å². The molecule has 124 valence electrons. The molecule has 0 atom stereocenters. The zero-order valence-electron chi connectivity index (χ0n) is 13.5. The summed E-state index contributed by atoms with van der Waals surface area (Å²) in [5, 5.41) is 5.52. The van der Waals surface area contributed by atoms with Crippen LogP contribution in [0, 0.1) is 0 Å². The molecule has 0 aliphatic heterocycles. The number of carbonyl (C=O) groups excluding carboxylic acids is 1. The third kappa shape index (κ3) is 3.84. The van der Waals surface area contributed by atoms with Gasteiger partial charge in [-0.1, -0.05) is 19.4 Å². The van der Waals surface area contributed by atoms with Crippen molar-refractivity contribution in [3.05, 3.63) is 54.9 Å². The number of nitrogens with zero attached hydrogens (tertiary/aromatic N) is 2. The first-order valence-corrected chi connectivity index (χ1v) is 7.99. The maximum absolute atomic E-state index is 12.1. The van der Waals surface area contributed by atoms with Crippen molar-refractivity contribution < 1.29 is 9.53 Å². The predicted molar refractivity (Wildman–Crippen MR) is 94.7 cm³/mol. The smallest absolute Gasteiger partial charge is 0.326 e. The Morgan fingerprint density at radius 2 is 2.00 bits per heavy atom. The highest BCUT2D eigenvalue weighted by atomic mass is 16.5. The van der Waals surface area contributed by atoms with Crippen molar-refractivity contribution in [1.29, 1.82) is 0 Å². The van der Waals surface area contributed by atoms with Crippen LogP contribution in [0.15, 0.2) is 54.9 Å². The summed E-state index contributed by atoms with van der Waals surface area (Å²) >= 11 is 0. The van der Waals surface area contributed by atoms with Crippen molar-refractivity contribution in [3.8, 4) is 5.75 Å². The molecule has 3 aromatic rings. The highest BCUT2D eigenvalue weighted by Crippen LogP contribution is 2.17. The molecule has 0 bridgehead atoms. The molecular formula is C18H20N4O2. The number of aromatic nitrogens is 2. The molecule has 0 saturated heterocycles. The lowest BCUT2D eigenvalue weighted by atomic mass is 10.3. The lowest BCUT2D eigenvalue weighted by molar-refractivity contribution is 0.262. The van der Waals surface area contributed by atoms with E-state index in [2.05, 4.69) is 22.5 Å². The standard InChI is InChI=1S/C18H20N4O2/c1-2-3-12-24-16-9-7-14(8-10-16)20-18(23)21-17-19-13-15-6-4-5-11-22(15)17/h4-11,13H,2-3,12H2,1H3,(H2,19,20,21,23). The Bertz CT molecular complexity index is 811. The predicted octanol–water partition coefficient (Wildman–Crippen LogP) is 4.16. The number of hydrogen-bond acceptors (Lipinski definition) is 3. The van der Waals surface area contributed by atoms with E-state index in [1.54, 1.807) is 6.20 Å². The van der Waals surface area contributed by atoms with E-state index in [-0.39, 0.29) is 6.03 Å². The zero-order chi connectivity index (χ0) is 16.8. The van der Waals surface area contributed by atoms with Crippen LogP contribution in [0.5, 0.6) is 5.75 Å². The number of ether oxygens (including phenoxy) is 1. The average Bonchev–Trinajstić information content (AvgIpc) is 3.00. The number of unbranched alkanes of at least 4 members (excludes halogenated alkanes) is 1. The summed E-state index contributed by atoms with van der Waals surface area (Å²) in [5.74, 6) is 1.27. The maximum Gasteiger partial charge on any atom is 0.326 e. The quantitative estimate of drug-likeness (QED) is 0.669. The first-order valence-electron chi connectivity index (χ1n) is 7.99. The number of imidazole rings is 1. The van der Waals surface area contributed by atoms with Crippen molar-refractivity contribution in [2.24, 2.45) is 0 Å². The normalized spacial score (nSPS) is 10.5. The molecule has 6 heteroatoms. The van der Waals surface area contributed by atoms with Crippen LogP contribution in [0.4, 0.5) is 16.4 Å². The van der Waals surface area contributed by atoms with Gasteiger partial charge in [0, 0.05) is 11.9 Å². The molecule has 24 heavy (non-hydrogen) atoms. The third-order valence-electron chi connectivity index (χ3n) is 3.54. The van der Waals surface area contributed by atoms with Gasteiger partial charge in [-0.15, -0.1) is 0 Å². The van der Waals surface area contributed by atoms with Crippen molar-refractivity contribution in [2.75, 3.05) is 17.2 Å². The number of amides is 2. The number of rotatable bonds is 6. The van der Waals surface area contributed by atoms with Crippen molar-refractivity contribution in [1.82, 2.24) is 9.38 Å². The summed E-state index contributed by atoms with van der Waals surface area (Å²) in [6.07, 6.45) is 5.68. The van der Waals surface area contributed by atoms with Crippen LogP contribution in [0.25, 0.3) is 5.52 Å². The molecule has 0 spiro atoms. The van der Waals surface area contributed by atoms with Crippen LogP contribution in [0.3, 0.4) is 0 Å². The van der Waals surface area contributed by atoms with E-state index in [9.17, 15) is 4.79 Å². The molecule has 6 nitrogen and oxygen atoms in total. The second-order valence-corrected chi connectivity index (χ2v) is 5.38. The molecule has 2 N–H and O–H groups in total. The summed E-state index contributed by atoms with van der Waals surface area (Å²) in [5.41, 5.74) is 1.61. The van der Waals surface area contributed by atoms with Crippen LogP contribution in [-0.4, -0.2) is 22.0 Å². The highest BCUT2D eigenvalue weighted by molar-refractivity contribution is 5.99. The van der Waals surface area contributed by atoms with Gasteiger partial charge in [0.25, 0.3) is 0 Å². The molecule has 1 aromatic carbocycles. The topological polar surface area (TPSA) is 67.7 Å². The van der Waals surface area contributed by atoms with E-state index in [1.165, 1.54) is 0 Å². The number of anilines is 2. The van der Waals surface area contributed by atoms with Gasteiger partial charge in [-0.05, 0) is 42.8 Å². The Morgan fingerprint density at radius 3 is 2.79 bits per heavy atom. The lowest BCUT2D eigenvalue weighted by Crippen LogP contribution is -2.20. The minimum Gasteiger partial charge on any atom is -0.494 e. The first-order chi connectivity index (χ1) is 11.8. The molecule has 0 aliphatic carbocycles. The molecule has 0 unspecified atom stereocenters. The van der Waals surface area contributed by atoms with Gasteiger partial charge in [0.05, 0.1) is 18.3 Å². The minimum absolute atomic E-state index is 0.342. The second kappa shape index (κ2) is 7.50. The fourth-order valence-electron chi connectivity index (χ4n) is 2.27. The van der Waals surface area contributed by atoms with Gasteiger partial charge in [-0.25, -0.2) is 9.78 Å². The molecule has 2 amide bonds. The van der Waals surface area contributed by atoms with Crippen molar-refractivity contribution in [3.63, 3.8) is 0 Å². The van der Waals surface area contributed by atoms with Crippen LogP contribution in [-0.2, 0) is 0 Å². The molecule has 3 rings (SSSR count). The number of hydrogen-bond donors (Lipinski definition) is 2. The van der Waals surface area contributed by atoms with Gasteiger partial charge in [-0.2, -0.15) is 0 Å². The number of urea groups is 1. The SMILES string of the molecule is CCCCOc1ccc(NC(=O)Nc2ncc3ccccn23)cc1. The van der Waals surface area contributed by atoms with Gasteiger partial charge in [0.15, 0.2) is 0 Å². The molecule has 0 fully saturated rings. The molecule has 0 saturated carbocycles. The molecule has 0 aliphatic rings. The first kappa shape index (κ1) is 15.9. The zero-order valence-corrected chi connectivity index (χ0v) is 13.5. The Morgan fingerprint density at radius 1 is 1.17 bits per heavy atom. The number of carbonyl (C=O) groups is 1. The maximum atomic E-state index is 12.1. The molecular weight excluding hydrogens is 304 g/mol. The van der Waals surface area contributed by atoms with Crippen molar-refractivity contribution >= 4 is 23.2 Å². The van der Waals surface area contributed by atoms with Crippen LogP contribution >= 0.6 is 0 Å². The van der Waals surface area contributed by atoms with Gasteiger partial charge in [0.2, 0.25) is 5.95 Å². The molecule has 2 aromatic heterocycles. The lowest BCUT2D eigenvalue weighted by Gasteiger charge is -2.09. The average molecular weight is 324 g/mol. The summed E-state index contributed by atoms with van der Waals surface area (Å²) < 4.78 is 7.41. The van der Waals surface area contributed by atoms with E-state index in [4.69, 9.17) is 4.74 Å². The van der Waals surface area contributed by atoms with Crippen LogP contribution in [0.2, 0.25) is 0 Å². The fraction of sp³-hybridized carbons (Fsp3) is 0.222. The Balaban J connectivity index is 1.58. The van der Waals surface area contributed by atoms with Gasteiger partial charge in [-0.3, -0.25) is 9.72 Å². The molecule has 0 radical (unpaired) electrons. The number of nitrogens with one attached hydrogen (secondary N) is 2. The number of fused-ring (bicyclic) bond motifs is 1. The molecule has 2 heterocycles. The Kier molecular flexibility index (Phi) is 4.96. The summed E-state index contributed by atoms with van der Waals surface area (Å²) in [4.78, 5) is 16.3. The third-order valence-corrected chi connectivity index (χ3v) is 3.54. The number of benzene rings is 1. The van der Waals surface area contributed by atoms with E-state index in [0.29, 0.717) is 18.2 Å². The monoisotopic (exact) mass is 324 g/mol. The Hall–Kier alpha value is -3.02. The van der Waals surface area contributed by atoms with Gasteiger partial charge >= 0.3 is 6.03 Å².